The Labute approximate surface area is 167 Å². The lowest BCUT2D eigenvalue weighted by Crippen LogP contribution is -2.32. The Morgan fingerprint density at radius 3 is 2.39 bits per heavy atom. The van der Waals surface area contributed by atoms with Crippen molar-refractivity contribution >= 4 is 17.6 Å². The van der Waals surface area contributed by atoms with Crippen LogP contribution in [0.25, 0.3) is 0 Å². The fourth-order valence-corrected chi connectivity index (χ4v) is 2.61. The van der Waals surface area contributed by atoms with Crippen LogP contribution in [0.1, 0.15) is 54.6 Å². The lowest BCUT2D eigenvalue weighted by molar-refractivity contribution is -0.122. The van der Waals surface area contributed by atoms with Gasteiger partial charge in [0.1, 0.15) is 5.75 Å². The zero-order valence-electron chi connectivity index (χ0n) is 17.1. The number of nitrogens with one attached hydrogen (secondary N) is 1. The van der Waals surface area contributed by atoms with E-state index in [9.17, 15) is 9.59 Å². The molecule has 2 aromatic rings. The lowest BCUT2D eigenvalue weighted by atomic mass is 10.1. The van der Waals surface area contributed by atoms with Crippen molar-refractivity contribution in [3.63, 3.8) is 0 Å². The number of amides is 1. The van der Waals surface area contributed by atoms with Gasteiger partial charge < -0.3 is 14.8 Å². The topological polar surface area (TPSA) is 64.6 Å². The predicted octanol–water partition coefficient (Wildman–Crippen LogP) is 5.06. The van der Waals surface area contributed by atoms with Gasteiger partial charge in [0, 0.05) is 5.69 Å². The highest BCUT2D eigenvalue weighted by atomic mass is 16.5. The SMILES string of the molecule is CCCCOC(=O)c1ccc(NC(=O)[C@@H](CC)Oc2cc(C)ccc2C)cc1. The smallest absolute Gasteiger partial charge is 0.338 e. The molecule has 1 atom stereocenters. The van der Waals surface area contributed by atoms with E-state index in [4.69, 9.17) is 9.47 Å². The third-order valence-corrected chi connectivity index (χ3v) is 4.40. The maximum Gasteiger partial charge on any atom is 0.338 e. The van der Waals surface area contributed by atoms with Crippen LogP contribution in [0, 0.1) is 13.8 Å². The van der Waals surface area contributed by atoms with E-state index >= 15 is 0 Å². The highest BCUT2D eigenvalue weighted by molar-refractivity contribution is 5.95. The summed E-state index contributed by atoms with van der Waals surface area (Å²) in [5.74, 6) is 0.143. The molecule has 150 valence electrons. The molecule has 2 aromatic carbocycles. The molecule has 28 heavy (non-hydrogen) atoms. The number of carbonyl (C=O) groups excluding carboxylic acids is 2. The predicted molar refractivity (Wildman–Crippen MR) is 111 cm³/mol. The number of anilines is 1. The molecule has 0 spiro atoms. The maximum atomic E-state index is 12.6. The Morgan fingerprint density at radius 2 is 1.75 bits per heavy atom. The molecule has 0 fully saturated rings. The summed E-state index contributed by atoms with van der Waals surface area (Å²) in [6, 6.07) is 12.6. The van der Waals surface area contributed by atoms with Crippen molar-refractivity contribution in [3.8, 4) is 5.75 Å². The first-order valence-corrected chi connectivity index (χ1v) is 9.76. The van der Waals surface area contributed by atoms with Gasteiger partial charge in [-0.3, -0.25) is 4.79 Å². The minimum atomic E-state index is -0.598. The van der Waals surface area contributed by atoms with Gasteiger partial charge in [-0.25, -0.2) is 4.79 Å². The molecule has 0 unspecified atom stereocenters. The van der Waals surface area contributed by atoms with Gasteiger partial charge in [0.25, 0.3) is 5.91 Å². The molecule has 0 aliphatic carbocycles. The Hall–Kier alpha value is -2.82. The van der Waals surface area contributed by atoms with Crippen LogP contribution < -0.4 is 10.1 Å². The number of benzene rings is 2. The van der Waals surface area contributed by atoms with Gasteiger partial charge >= 0.3 is 5.97 Å². The van der Waals surface area contributed by atoms with Crippen molar-refractivity contribution in [1.82, 2.24) is 0 Å². The van der Waals surface area contributed by atoms with Crippen LogP contribution in [0.5, 0.6) is 5.75 Å². The van der Waals surface area contributed by atoms with Crippen molar-refractivity contribution in [2.45, 2.75) is 53.1 Å². The number of rotatable bonds is 9. The zero-order chi connectivity index (χ0) is 20.5. The largest absolute Gasteiger partial charge is 0.480 e. The van der Waals surface area contributed by atoms with Crippen molar-refractivity contribution in [3.05, 3.63) is 59.2 Å². The number of carbonyl (C=O) groups is 2. The lowest BCUT2D eigenvalue weighted by Gasteiger charge is -2.19. The van der Waals surface area contributed by atoms with Crippen molar-refractivity contribution in [2.75, 3.05) is 11.9 Å². The number of esters is 1. The third kappa shape index (κ3) is 6.12. The molecular weight excluding hydrogens is 354 g/mol. The standard InChI is InChI=1S/C23H29NO4/c1-5-7-14-27-23(26)18-10-12-19(13-11-18)24-22(25)20(6-2)28-21-15-16(3)8-9-17(21)4/h8-13,15,20H,5-7,14H2,1-4H3,(H,24,25)/t20-/m1/s1. The van der Waals surface area contributed by atoms with Crippen LogP contribution in [0.15, 0.2) is 42.5 Å². The van der Waals surface area contributed by atoms with Gasteiger partial charge in [-0.05, 0) is 68.1 Å². The van der Waals surface area contributed by atoms with Crippen molar-refractivity contribution in [1.29, 1.82) is 0 Å². The van der Waals surface area contributed by atoms with E-state index in [1.54, 1.807) is 24.3 Å². The Balaban J connectivity index is 1.98. The first-order valence-electron chi connectivity index (χ1n) is 9.76. The van der Waals surface area contributed by atoms with Gasteiger partial charge in [-0.2, -0.15) is 0 Å². The molecule has 0 bridgehead atoms. The molecule has 0 aromatic heterocycles. The van der Waals surface area contributed by atoms with Gasteiger partial charge in [0.2, 0.25) is 0 Å². The fourth-order valence-electron chi connectivity index (χ4n) is 2.61. The number of hydrogen-bond donors (Lipinski definition) is 1. The van der Waals surface area contributed by atoms with E-state index in [1.165, 1.54) is 0 Å². The van der Waals surface area contributed by atoms with Crippen LogP contribution in [0.4, 0.5) is 5.69 Å². The number of unbranched alkanes of at least 4 members (excludes halogenated alkanes) is 1. The fraction of sp³-hybridized carbons (Fsp3) is 0.391. The summed E-state index contributed by atoms with van der Waals surface area (Å²) >= 11 is 0. The number of aryl methyl sites for hydroxylation is 2. The molecule has 0 heterocycles. The van der Waals surface area contributed by atoms with Crippen LogP contribution in [0.2, 0.25) is 0 Å². The molecule has 5 nitrogen and oxygen atoms in total. The summed E-state index contributed by atoms with van der Waals surface area (Å²) in [5.41, 5.74) is 3.14. The van der Waals surface area contributed by atoms with Crippen LogP contribution in [0.3, 0.4) is 0 Å². The molecule has 0 saturated heterocycles. The highest BCUT2D eigenvalue weighted by Gasteiger charge is 2.19. The molecule has 0 aliphatic heterocycles. The first-order chi connectivity index (χ1) is 13.4. The Kier molecular flexibility index (Phi) is 8.05. The molecular formula is C23H29NO4. The summed E-state index contributed by atoms with van der Waals surface area (Å²) < 4.78 is 11.1. The van der Waals surface area contributed by atoms with E-state index in [0.717, 1.165) is 24.0 Å². The minimum absolute atomic E-state index is 0.221. The van der Waals surface area contributed by atoms with E-state index < -0.39 is 6.10 Å². The second-order valence-electron chi connectivity index (χ2n) is 6.84. The summed E-state index contributed by atoms with van der Waals surface area (Å²) in [6.45, 7) is 8.31. The first kappa shape index (κ1) is 21.5. The molecule has 0 aliphatic rings. The van der Waals surface area contributed by atoms with Crippen molar-refractivity contribution < 1.29 is 19.1 Å². The molecule has 0 radical (unpaired) electrons. The Bertz CT molecular complexity index is 799. The number of hydrogen-bond acceptors (Lipinski definition) is 4. The van der Waals surface area contributed by atoms with Crippen LogP contribution >= 0.6 is 0 Å². The molecule has 5 heteroatoms. The molecule has 0 saturated carbocycles. The Morgan fingerprint density at radius 1 is 1.04 bits per heavy atom. The van der Waals surface area contributed by atoms with Gasteiger partial charge in [0.05, 0.1) is 12.2 Å². The summed E-state index contributed by atoms with van der Waals surface area (Å²) in [6.07, 6.45) is 1.76. The van der Waals surface area contributed by atoms with E-state index in [0.29, 0.717) is 30.0 Å². The van der Waals surface area contributed by atoms with Gasteiger partial charge in [-0.15, -0.1) is 0 Å². The third-order valence-electron chi connectivity index (χ3n) is 4.40. The van der Waals surface area contributed by atoms with Gasteiger partial charge in [-0.1, -0.05) is 32.4 Å². The summed E-state index contributed by atoms with van der Waals surface area (Å²) in [5, 5.41) is 2.85. The molecule has 1 N–H and O–H groups in total. The van der Waals surface area contributed by atoms with E-state index in [-0.39, 0.29) is 11.9 Å². The minimum Gasteiger partial charge on any atom is -0.480 e. The quantitative estimate of drug-likeness (QED) is 0.486. The average Bonchev–Trinajstić information content (AvgIpc) is 2.69. The average molecular weight is 383 g/mol. The van der Waals surface area contributed by atoms with E-state index in [2.05, 4.69) is 5.32 Å². The van der Waals surface area contributed by atoms with E-state index in [1.807, 2.05) is 45.9 Å². The second-order valence-corrected chi connectivity index (χ2v) is 6.84. The zero-order valence-corrected chi connectivity index (χ0v) is 17.1. The highest BCUT2D eigenvalue weighted by Crippen LogP contribution is 2.22. The maximum absolute atomic E-state index is 12.6. The molecule has 1 amide bonds. The summed E-state index contributed by atoms with van der Waals surface area (Å²) in [4.78, 5) is 24.6. The van der Waals surface area contributed by atoms with Crippen LogP contribution in [-0.4, -0.2) is 24.6 Å². The molecule has 2 rings (SSSR count). The van der Waals surface area contributed by atoms with Gasteiger partial charge in [0.15, 0.2) is 6.10 Å². The summed E-state index contributed by atoms with van der Waals surface area (Å²) in [7, 11) is 0. The second kappa shape index (κ2) is 10.5. The number of ether oxygens (including phenoxy) is 2. The normalized spacial score (nSPS) is 11.6. The monoisotopic (exact) mass is 383 g/mol. The van der Waals surface area contributed by atoms with Crippen LogP contribution in [-0.2, 0) is 9.53 Å². The van der Waals surface area contributed by atoms with Crippen molar-refractivity contribution in [2.24, 2.45) is 0 Å².